The van der Waals surface area contributed by atoms with Gasteiger partial charge < -0.3 is 9.26 Å². The molecule has 2 heterocycles. The monoisotopic (exact) mass is 419 g/mol. The van der Waals surface area contributed by atoms with Crippen LogP contribution in [-0.2, 0) is 0 Å². The minimum Gasteiger partial charge on any atom is -0.438 e. The van der Waals surface area contributed by atoms with Gasteiger partial charge in [0.2, 0.25) is 11.7 Å². The largest absolute Gasteiger partial charge is 0.438 e. The van der Waals surface area contributed by atoms with Crippen molar-refractivity contribution >= 4 is 15.9 Å². The van der Waals surface area contributed by atoms with Gasteiger partial charge in [-0.1, -0.05) is 27.2 Å². The Bertz CT molecular complexity index is 1120. The lowest BCUT2D eigenvalue weighted by atomic mass is 10.2. The molecule has 0 bridgehead atoms. The van der Waals surface area contributed by atoms with Gasteiger partial charge >= 0.3 is 0 Å². The Balaban J connectivity index is 1.51. The van der Waals surface area contributed by atoms with Crippen LogP contribution in [0.15, 0.2) is 69.9 Å². The fourth-order valence-corrected chi connectivity index (χ4v) is 2.70. The molecule has 0 radical (unpaired) electrons. The van der Waals surface area contributed by atoms with E-state index in [4.69, 9.17) is 14.5 Å². The molecular formula is C19H10BrN5O2. The molecule has 4 aromatic rings. The summed E-state index contributed by atoms with van der Waals surface area (Å²) in [5, 5.41) is 12.8. The van der Waals surface area contributed by atoms with Crippen molar-refractivity contribution in [2.24, 2.45) is 0 Å². The average Bonchev–Trinajstić information content (AvgIpc) is 3.19. The Kier molecular flexibility index (Phi) is 4.60. The Labute approximate surface area is 162 Å². The van der Waals surface area contributed by atoms with Crippen molar-refractivity contribution in [1.82, 2.24) is 20.1 Å². The van der Waals surface area contributed by atoms with Crippen molar-refractivity contribution < 1.29 is 9.26 Å². The van der Waals surface area contributed by atoms with E-state index in [1.54, 1.807) is 12.1 Å². The molecule has 0 atom stereocenters. The zero-order valence-corrected chi connectivity index (χ0v) is 15.3. The number of hydrogen-bond donors (Lipinski definition) is 0. The Hall–Kier alpha value is -3.57. The molecule has 2 aromatic heterocycles. The molecule has 0 saturated heterocycles. The molecule has 8 heteroatoms. The molecule has 0 unspecified atom stereocenters. The van der Waals surface area contributed by atoms with E-state index in [9.17, 15) is 0 Å². The van der Waals surface area contributed by atoms with E-state index in [0.29, 0.717) is 23.3 Å². The van der Waals surface area contributed by atoms with Gasteiger partial charge in [-0.25, -0.2) is 9.97 Å². The number of ether oxygens (including phenoxy) is 1. The van der Waals surface area contributed by atoms with Crippen LogP contribution < -0.4 is 4.74 Å². The lowest BCUT2D eigenvalue weighted by Gasteiger charge is -2.04. The average molecular weight is 420 g/mol. The summed E-state index contributed by atoms with van der Waals surface area (Å²) in [6.07, 6.45) is 2.75. The lowest BCUT2D eigenvalue weighted by molar-refractivity contribution is 0.432. The summed E-state index contributed by atoms with van der Waals surface area (Å²) in [5.74, 6) is 1.81. The Morgan fingerprint density at radius 2 is 1.85 bits per heavy atom. The molecule has 27 heavy (non-hydrogen) atoms. The van der Waals surface area contributed by atoms with Gasteiger partial charge in [0.25, 0.3) is 5.89 Å². The Morgan fingerprint density at radius 3 is 2.56 bits per heavy atom. The van der Waals surface area contributed by atoms with Gasteiger partial charge in [-0.3, -0.25) is 0 Å². The highest BCUT2D eigenvalue weighted by atomic mass is 79.9. The van der Waals surface area contributed by atoms with E-state index in [2.05, 4.69) is 36.0 Å². The van der Waals surface area contributed by atoms with E-state index in [-0.39, 0.29) is 5.69 Å². The van der Waals surface area contributed by atoms with Crippen LogP contribution in [0.5, 0.6) is 11.6 Å². The summed E-state index contributed by atoms with van der Waals surface area (Å²) in [6.45, 7) is 0. The van der Waals surface area contributed by atoms with Gasteiger partial charge in [0.1, 0.15) is 11.8 Å². The third kappa shape index (κ3) is 3.83. The number of nitrogens with zero attached hydrogens (tertiary/aromatic N) is 5. The first-order chi connectivity index (χ1) is 13.2. The van der Waals surface area contributed by atoms with Crippen LogP contribution in [0.2, 0.25) is 0 Å². The van der Waals surface area contributed by atoms with E-state index in [0.717, 1.165) is 15.6 Å². The minimum atomic E-state index is 0.232. The zero-order chi connectivity index (χ0) is 18.6. The van der Waals surface area contributed by atoms with Gasteiger partial charge in [0.05, 0.1) is 12.4 Å². The van der Waals surface area contributed by atoms with E-state index in [1.165, 1.54) is 12.4 Å². The van der Waals surface area contributed by atoms with Crippen molar-refractivity contribution in [2.75, 3.05) is 0 Å². The second-order valence-electron chi connectivity index (χ2n) is 5.41. The predicted molar refractivity (Wildman–Crippen MR) is 99.7 cm³/mol. The second kappa shape index (κ2) is 7.35. The summed E-state index contributed by atoms with van der Waals surface area (Å²) in [6, 6.07) is 16.7. The fraction of sp³-hybridized carbons (Fsp3) is 0. The normalized spacial score (nSPS) is 10.4. The molecular weight excluding hydrogens is 410 g/mol. The van der Waals surface area contributed by atoms with Crippen molar-refractivity contribution in [3.8, 4) is 40.5 Å². The van der Waals surface area contributed by atoms with Gasteiger partial charge in [-0.05, 0) is 42.5 Å². The number of nitriles is 1. The first-order valence-corrected chi connectivity index (χ1v) is 8.61. The minimum absolute atomic E-state index is 0.232. The maximum atomic E-state index is 8.73. The number of rotatable bonds is 4. The van der Waals surface area contributed by atoms with E-state index >= 15 is 0 Å². The SMILES string of the molecule is N#Cc1cnc(Oc2ccc(-c3noc(-c4cccc(Br)c4)n3)cc2)cn1. The third-order valence-electron chi connectivity index (χ3n) is 3.58. The maximum absolute atomic E-state index is 8.73. The molecule has 0 N–H and O–H groups in total. The van der Waals surface area contributed by atoms with Crippen molar-refractivity contribution in [3.05, 3.63) is 71.1 Å². The highest BCUT2D eigenvalue weighted by Crippen LogP contribution is 2.26. The first kappa shape index (κ1) is 16.9. The molecule has 0 saturated carbocycles. The van der Waals surface area contributed by atoms with E-state index in [1.807, 2.05) is 42.5 Å². The van der Waals surface area contributed by atoms with Gasteiger partial charge in [0.15, 0.2) is 5.69 Å². The van der Waals surface area contributed by atoms with Crippen LogP contribution in [0.3, 0.4) is 0 Å². The molecule has 7 nitrogen and oxygen atoms in total. The summed E-state index contributed by atoms with van der Waals surface area (Å²) >= 11 is 3.43. The number of benzene rings is 2. The molecule has 130 valence electrons. The smallest absolute Gasteiger partial charge is 0.258 e. The predicted octanol–water partition coefficient (Wildman–Crippen LogP) is 4.62. The third-order valence-corrected chi connectivity index (χ3v) is 4.07. The summed E-state index contributed by atoms with van der Waals surface area (Å²) in [5.41, 5.74) is 1.86. The van der Waals surface area contributed by atoms with Gasteiger partial charge in [-0.2, -0.15) is 10.2 Å². The molecule has 0 amide bonds. The standard InChI is InChI=1S/C19H10BrN5O2/c20-14-3-1-2-13(8-14)19-24-18(25-27-19)12-4-6-16(7-5-12)26-17-11-22-15(9-21)10-23-17/h1-8,10-11H. The highest BCUT2D eigenvalue weighted by molar-refractivity contribution is 9.10. The fourth-order valence-electron chi connectivity index (χ4n) is 2.30. The number of halogens is 1. The molecule has 0 aliphatic heterocycles. The molecule has 0 fully saturated rings. The van der Waals surface area contributed by atoms with Gasteiger partial charge in [0, 0.05) is 15.6 Å². The zero-order valence-electron chi connectivity index (χ0n) is 13.7. The maximum Gasteiger partial charge on any atom is 0.258 e. The Morgan fingerprint density at radius 1 is 1.00 bits per heavy atom. The summed E-state index contributed by atoms with van der Waals surface area (Å²) in [4.78, 5) is 12.4. The molecule has 0 aliphatic rings. The topological polar surface area (TPSA) is 97.7 Å². The van der Waals surface area contributed by atoms with Crippen molar-refractivity contribution in [2.45, 2.75) is 0 Å². The van der Waals surface area contributed by atoms with Crippen LogP contribution >= 0.6 is 15.9 Å². The number of hydrogen-bond acceptors (Lipinski definition) is 7. The van der Waals surface area contributed by atoms with Crippen LogP contribution in [0.1, 0.15) is 5.69 Å². The van der Waals surface area contributed by atoms with Crippen molar-refractivity contribution in [1.29, 1.82) is 5.26 Å². The highest BCUT2D eigenvalue weighted by Gasteiger charge is 2.11. The summed E-state index contributed by atoms with van der Waals surface area (Å²) < 4.78 is 11.9. The molecule has 2 aromatic carbocycles. The second-order valence-corrected chi connectivity index (χ2v) is 6.33. The van der Waals surface area contributed by atoms with Crippen LogP contribution in [-0.4, -0.2) is 20.1 Å². The lowest BCUT2D eigenvalue weighted by Crippen LogP contribution is -1.91. The van der Waals surface area contributed by atoms with Gasteiger partial charge in [-0.15, -0.1) is 0 Å². The molecule has 0 aliphatic carbocycles. The van der Waals surface area contributed by atoms with Crippen LogP contribution in [0, 0.1) is 11.3 Å². The quantitative estimate of drug-likeness (QED) is 0.475. The van der Waals surface area contributed by atoms with Crippen LogP contribution in [0.4, 0.5) is 0 Å². The van der Waals surface area contributed by atoms with Crippen LogP contribution in [0.25, 0.3) is 22.8 Å². The first-order valence-electron chi connectivity index (χ1n) is 7.81. The van der Waals surface area contributed by atoms with E-state index < -0.39 is 0 Å². The van der Waals surface area contributed by atoms with Crippen molar-refractivity contribution in [3.63, 3.8) is 0 Å². The summed E-state index contributed by atoms with van der Waals surface area (Å²) in [7, 11) is 0. The molecule has 0 spiro atoms. The number of aromatic nitrogens is 4. The molecule has 4 rings (SSSR count).